The van der Waals surface area contributed by atoms with Gasteiger partial charge in [0.2, 0.25) is 0 Å². The van der Waals surface area contributed by atoms with Crippen LogP contribution in [-0.4, -0.2) is 5.78 Å². The fraction of sp³-hybridized carbons (Fsp3) is 0.588. The molecule has 1 atom stereocenters. The largest absolute Gasteiger partial charge is 0.294 e. The van der Waals surface area contributed by atoms with Crippen molar-refractivity contribution < 1.29 is 4.79 Å². The van der Waals surface area contributed by atoms with E-state index < -0.39 is 0 Å². The Balaban J connectivity index is 1.98. The molecule has 0 aliphatic heterocycles. The van der Waals surface area contributed by atoms with Gasteiger partial charge < -0.3 is 0 Å². The first-order valence-corrected chi connectivity index (χ1v) is 7.36. The lowest BCUT2D eigenvalue weighted by Crippen LogP contribution is -2.22. The maximum absolute atomic E-state index is 12.4. The van der Waals surface area contributed by atoms with Crippen molar-refractivity contribution in [1.82, 2.24) is 0 Å². The molecule has 0 heterocycles. The highest BCUT2D eigenvalue weighted by molar-refractivity contribution is 6.00. The van der Waals surface area contributed by atoms with Crippen molar-refractivity contribution in [3.63, 3.8) is 0 Å². The van der Waals surface area contributed by atoms with E-state index in [-0.39, 0.29) is 5.92 Å². The molecule has 0 bridgehead atoms. The lowest BCUT2D eigenvalue weighted by molar-refractivity contribution is 0.0892. The molecule has 18 heavy (non-hydrogen) atoms. The fourth-order valence-corrected chi connectivity index (χ4v) is 2.94. The van der Waals surface area contributed by atoms with E-state index in [2.05, 4.69) is 26.0 Å². The number of aryl methyl sites for hydroxylation is 2. The number of ketones is 1. The number of carbonyl (C=O) groups excluding carboxylic acids is 1. The molecule has 1 aliphatic carbocycles. The molecule has 0 aromatic heterocycles. The Hall–Kier alpha value is -1.11. The second-order valence-electron chi connectivity index (χ2n) is 5.61. The summed E-state index contributed by atoms with van der Waals surface area (Å²) in [7, 11) is 0. The van der Waals surface area contributed by atoms with E-state index in [1.165, 1.54) is 36.8 Å². The molecular weight excluding hydrogens is 220 g/mol. The first-order valence-electron chi connectivity index (χ1n) is 7.36. The summed E-state index contributed by atoms with van der Waals surface area (Å²) >= 11 is 0. The topological polar surface area (TPSA) is 17.1 Å². The number of Topliss-reactive ketones (excluding diaryl/α,β-unsaturated/α-hetero) is 1. The van der Waals surface area contributed by atoms with Crippen molar-refractivity contribution in [3.05, 3.63) is 34.9 Å². The third-order valence-corrected chi connectivity index (χ3v) is 4.07. The number of benzene rings is 1. The second-order valence-corrected chi connectivity index (χ2v) is 5.61. The molecule has 0 spiro atoms. The molecule has 1 aromatic rings. The van der Waals surface area contributed by atoms with Crippen molar-refractivity contribution in [2.45, 2.75) is 58.8 Å². The minimum absolute atomic E-state index is 0.289. The summed E-state index contributed by atoms with van der Waals surface area (Å²) in [6.07, 6.45) is 8.29. The molecule has 1 aromatic carbocycles. The van der Waals surface area contributed by atoms with Gasteiger partial charge in [0, 0.05) is 11.5 Å². The summed E-state index contributed by atoms with van der Waals surface area (Å²) in [6.45, 7) is 4.33. The first-order chi connectivity index (χ1) is 8.72. The van der Waals surface area contributed by atoms with Crippen LogP contribution >= 0.6 is 0 Å². The van der Waals surface area contributed by atoms with Crippen LogP contribution in [0.4, 0.5) is 0 Å². The van der Waals surface area contributed by atoms with Gasteiger partial charge >= 0.3 is 0 Å². The third kappa shape index (κ3) is 3.01. The van der Waals surface area contributed by atoms with Crippen molar-refractivity contribution in [3.8, 4) is 0 Å². The normalized spacial score (nSPS) is 18.8. The van der Waals surface area contributed by atoms with Gasteiger partial charge in [0.25, 0.3) is 0 Å². The highest BCUT2D eigenvalue weighted by Crippen LogP contribution is 2.29. The number of hydrogen-bond acceptors (Lipinski definition) is 1. The van der Waals surface area contributed by atoms with Gasteiger partial charge in [0.05, 0.1) is 0 Å². The minimum Gasteiger partial charge on any atom is -0.294 e. The molecule has 1 aliphatic rings. The van der Waals surface area contributed by atoms with Gasteiger partial charge in [-0.25, -0.2) is 0 Å². The van der Waals surface area contributed by atoms with Crippen LogP contribution in [-0.2, 0) is 6.42 Å². The minimum atomic E-state index is 0.289. The molecule has 0 saturated carbocycles. The Labute approximate surface area is 111 Å². The van der Waals surface area contributed by atoms with Crippen LogP contribution in [0.2, 0.25) is 0 Å². The number of carbonyl (C=O) groups is 1. The Morgan fingerprint density at radius 2 is 2.06 bits per heavy atom. The predicted molar refractivity (Wildman–Crippen MR) is 76.1 cm³/mol. The predicted octanol–water partition coefficient (Wildman–Crippen LogP) is 4.71. The summed E-state index contributed by atoms with van der Waals surface area (Å²) in [6, 6.07) is 6.28. The van der Waals surface area contributed by atoms with Gasteiger partial charge in [-0.05, 0) is 31.7 Å². The molecule has 0 fully saturated rings. The van der Waals surface area contributed by atoms with Gasteiger partial charge in [-0.15, -0.1) is 0 Å². The lowest BCUT2D eigenvalue weighted by atomic mass is 9.80. The molecule has 1 heteroatoms. The van der Waals surface area contributed by atoms with Gasteiger partial charge in [-0.1, -0.05) is 56.4 Å². The van der Waals surface area contributed by atoms with E-state index >= 15 is 0 Å². The van der Waals surface area contributed by atoms with E-state index in [4.69, 9.17) is 0 Å². The Bertz CT molecular complexity index is 420. The van der Waals surface area contributed by atoms with Gasteiger partial charge in [0.1, 0.15) is 0 Å². The maximum atomic E-state index is 12.4. The molecule has 1 unspecified atom stereocenters. The van der Waals surface area contributed by atoms with Crippen LogP contribution in [0.3, 0.4) is 0 Å². The third-order valence-electron chi connectivity index (χ3n) is 4.07. The van der Waals surface area contributed by atoms with Gasteiger partial charge in [-0.3, -0.25) is 4.79 Å². The molecule has 0 radical (unpaired) electrons. The van der Waals surface area contributed by atoms with Crippen LogP contribution in [0.5, 0.6) is 0 Å². The quantitative estimate of drug-likeness (QED) is 0.685. The SMILES string of the molecule is CCCCCCC1CCc2cc(C)ccc2C1=O. The van der Waals surface area contributed by atoms with Crippen molar-refractivity contribution in [2.24, 2.45) is 5.92 Å². The molecule has 0 saturated heterocycles. The van der Waals surface area contributed by atoms with Crippen LogP contribution in [0.15, 0.2) is 18.2 Å². The molecule has 1 nitrogen and oxygen atoms in total. The Morgan fingerprint density at radius 1 is 1.22 bits per heavy atom. The van der Waals surface area contributed by atoms with Crippen molar-refractivity contribution in [2.75, 3.05) is 0 Å². The Morgan fingerprint density at radius 3 is 2.83 bits per heavy atom. The van der Waals surface area contributed by atoms with E-state index in [9.17, 15) is 4.79 Å². The summed E-state index contributed by atoms with van der Waals surface area (Å²) < 4.78 is 0. The molecule has 98 valence electrons. The van der Waals surface area contributed by atoms with E-state index in [0.29, 0.717) is 5.78 Å². The monoisotopic (exact) mass is 244 g/mol. The van der Waals surface area contributed by atoms with Crippen LogP contribution in [0.25, 0.3) is 0 Å². The zero-order valence-electron chi connectivity index (χ0n) is 11.7. The number of hydrogen-bond donors (Lipinski definition) is 0. The summed E-state index contributed by atoms with van der Waals surface area (Å²) in [4.78, 5) is 12.4. The summed E-state index contributed by atoms with van der Waals surface area (Å²) in [5, 5.41) is 0. The molecule has 0 amide bonds. The lowest BCUT2D eigenvalue weighted by Gasteiger charge is -2.23. The smallest absolute Gasteiger partial charge is 0.166 e. The highest BCUT2D eigenvalue weighted by atomic mass is 16.1. The Kier molecular flexibility index (Phi) is 4.57. The first kappa shape index (κ1) is 13.3. The van der Waals surface area contributed by atoms with Crippen LogP contribution in [0.1, 0.15) is 66.9 Å². The van der Waals surface area contributed by atoms with E-state index in [0.717, 1.165) is 24.8 Å². The average Bonchev–Trinajstić information content (AvgIpc) is 2.37. The average molecular weight is 244 g/mol. The van der Waals surface area contributed by atoms with Crippen LogP contribution in [0, 0.1) is 12.8 Å². The van der Waals surface area contributed by atoms with Crippen molar-refractivity contribution >= 4 is 5.78 Å². The zero-order valence-corrected chi connectivity index (χ0v) is 11.7. The summed E-state index contributed by atoms with van der Waals surface area (Å²) in [5.41, 5.74) is 3.53. The number of fused-ring (bicyclic) bond motifs is 1. The van der Waals surface area contributed by atoms with Gasteiger partial charge in [-0.2, -0.15) is 0 Å². The maximum Gasteiger partial charge on any atom is 0.166 e. The van der Waals surface area contributed by atoms with Crippen molar-refractivity contribution in [1.29, 1.82) is 0 Å². The van der Waals surface area contributed by atoms with Crippen LogP contribution < -0.4 is 0 Å². The van der Waals surface area contributed by atoms with Gasteiger partial charge in [0.15, 0.2) is 5.78 Å². The van der Waals surface area contributed by atoms with E-state index in [1.807, 2.05) is 6.07 Å². The number of unbranched alkanes of at least 4 members (excludes halogenated alkanes) is 3. The fourth-order valence-electron chi connectivity index (χ4n) is 2.94. The molecular formula is C17H24O. The highest BCUT2D eigenvalue weighted by Gasteiger charge is 2.26. The molecule has 0 N–H and O–H groups in total. The second kappa shape index (κ2) is 6.17. The molecule has 2 rings (SSSR count). The number of rotatable bonds is 5. The zero-order chi connectivity index (χ0) is 13.0. The van der Waals surface area contributed by atoms with E-state index in [1.54, 1.807) is 0 Å². The summed E-state index contributed by atoms with van der Waals surface area (Å²) in [5.74, 6) is 0.685. The standard InChI is InChI=1S/C17H24O/c1-3-4-5-6-7-14-9-10-15-12-13(2)8-11-16(15)17(14)18/h8,11-12,14H,3-7,9-10H2,1-2H3.